The number of aryl methyl sites for hydroxylation is 1. The van der Waals surface area contributed by atoms with Crippen molar-refractivity contribution >= 4 is 35.5 Å². The number of aromatic nitrogens is 2. The maximum Gasteiger partial charge on any atom is 0.307 e. The van der Waals surface area contributed by atoms with Crippen LogP contribution in [0.4, 0.5) is 0 Å². The van der Waals surface area contributed by atoms with E-state index in [-0.39, 0.29) is 11.9 Å². The quantitative estimate of drug-likeness (QED) is 0.0781. The highest BCUT2D eigenvalue weighted by Gasteiger charge is 2.12. The average Bonchev–Trinajstić information content (AvgIpc) is 3.46. The smallest absolute Gasteiger partial charge is 0.307 e. The first-order valence-electron chi connectivity index (χ1n) is 15.3. The molecule has 0 unspecified atom stereocenters. The fourth-order valence-corrected chi connectivity index (χ4v) is 5.75. The van der Waals surface area contributed by atoms with Crippen molar-refractivity contribution in [3.8, 4) is 0 Å². The van der Waals surface area contributed by atoms with Crippen LogP contribution >= 0.6 is 23.5 Å². The molecule has 0 saturated heterocycles. The molecule has 0 aliphatic rings. The van der Waals surface area contributed by atoms with E-state index in [9.17, 15) is 9.59 Å². The van der Waals surface area contributed by atoms with Gasteiger partial charge in [0.2, 0.25) is 0 Å². The van der Waals surface area contributed by atoms with Crippen LogP contribution < -0.4 is 0 Å². The number of nitrogens with zero attached hydrogens (tertiary/aromatic N) is 3. The Balaban J connectivity index is 2.20. The first-order chi connectivity index (χ1) is 19.2. The van der Waals surface area contributed by atoms with E-state index in [1.54, 1.807) is 6.20 Å². The van der Waals surface area contributed by atoms with Crippen LogP contribution in [0.2, 0.25) is 0 Å². The van der Waals surface area contributed by atoms with Crippen molar-refractivity contribution in [2.75, 3.05) is 55.9 Å². The van der Waals surface area contributed by atoms with Crippen molar-refractivity contribution in [3.63, 3.8) is 0 Å². The molecule has 226 valence electrons. The van der Waals surface area contributed by atoms with Gasteiger partial charge in [0.1, 0.15) is 13.2 Å². The molecule has 0 spiro atoms. The van der Waals surface area contributed by atoms with Crippen molar-refractivity contribution in [3.05, 3.63) is 18.7 Å². The number of imidazole rings is 1. The van der Waals surface area contributed by atoms with E-state index >= 15 is 0 Å². The van der Waals surface area contributed by atoms with E-state index < -0.39 is 0 Å². The molecule has 1 rings (SSSR count). The highest BCUT2D eigenvalue weighted by Crippen LogP contribution is 2.10. The Labute approximate surface area is 246 Å². The average molecular weight is 586 g/mol. The Bertz CT molecular complexity index is 654. The molecular weight excluding hydrogens is 530 g/mol. The molecule has 0 atom stereocenters. The predicted molar refractivity (Wildman–Crippen MR) is 167 cm³/mol. The molecule has 0 aliphatic carbocycles. The number of esters is 2. The summed E-state index contributed by atoms with van der Waals surface area (Å²) >= 11 is 3.73. The highest BCUT2D eigenvalue weighted by atomic mass is 32.2. The predicted octanol–water partition coefficient (Wildman–Crippen LogP) is 6.85. The summed E-state index contributed by atoms with van der Waals surface area (Å²) in [6.45, 7) is 8.26. The van der Waals surface area contributed by atoms with Gasteiger partial charge in [0.25, 0.3) is 0 Å². The molecule has 0 bridgehead atoms. The zero-order chi connectivity index (χ0) is 28.2. The summed E-state index contributed by atoms with van der Waals surface area (Å²) in [6, 6.07) is 0. The minimum absolute atomic E-state index is 0.160. The van der Waals surface area contributed by atoms with Crippen LogP contribution in [0.1, 0.15) is 97.3 Å². The first kappa shape index (κ1) is 35.8. The molecule has 7 nitrogen and oxygen atoms in total. The Morgan fingerprint density at radius 2 is 1.26 bits per heavy atom. The normalized spacial score (nSPS) is 11.3. The first-order valence-corrected chi connectivity index (χ1v) is 17.6. The molecule has 0 saturated carbocycles. The van der Waals surface area contributed by atoms with Crippen LogP contribution in [0, 0.1) is 0 Å². The van der Waals surface area contributed by atoms with E-state index in [2.05, 4.69) is 23.7 Å². The van der Waals surface area contributed by atoms with Crippen molar-refractivity contribution in [1.82, 2.24) is 14.5 Å². The molecule has 9 heteroatoms. The number of hydrogen-bond acceptors (Lipinski definition) is 8. The third-order valence-corrected chi connectivity index (χ3v) is 8.55. The maximum absolute atomic E-state index is 12.3. The second-order valence-electron chi connectivity index (χ2n) is 9.99. The molecule has 0 aliphatic heterocycles. The summed E-state index contributed by atoms with van der Waals surface area (Å²) in [7, 11) is 0. The van der Waals surface area contributed by atoms with Crippen LogP contribution in [-0.4, -0.2) is 82.2 Å². The summed E-state index contributed by atoms with van der Waals surface area (Å²) in [5.74, 6) is 3.67. The van der Waals surface area contributed by atoms with Gasteiger partial charge in [-0.25, -0.2) is 4.98 Å². The number of carbonyl (C=O) groups is 2. The minimum atomic E-state index is -0.160. The van der Waals surface area contributed by atoms with Gasteiger partial charge in [-0.15, -0.1) is 0 Å². The molecule has 0 N–H and O–H groups in total. The minimum Gasteiger partial charge on any atom is -0.465 e. The summed E-state index contributed by atoms with van der Waals surface area (Å²) < 4.78 is 12.9. The molecule has 0 fully saturated rings. The molecule has 0 radical (unpaired) electrons. The summed E-state index contributed by atoms with van der Waals surface area (Å²) in [5.41, 5.74) is 0. The lowest BCUT2D eigenvalue weighted by Crippen LogP contribution is -2.31. The zero-order valence-corrected chi connectivity index (χ0v) is 26.4. The monoisotopic (exact) mass is 585 g/mol. The van der Waals surface area contributed by atoms with Crippen LogP contribution in [0.25, 0.3) is 0 Å². The van der Waals surface area contributed by atoms with Crippen LogP contribution in [0.15, 0.2) is 18.7 Å². The molecule has 1 aromatic heterocycles. The molecule has 0 amide bonds. The Kier molecular flexibility index (Phi) is 24.8. The second-order valence-corrected chi connectivity index (χ2v) is 12.4. The third kappa shape index (κ3) is 23.2. The van der Waals surface area contributed by atoms with Gasteiger partial charge in [0.15, 0.2) is 0 Å². The van der Waals surface area contributed by atoms with Gasteiger partial charge in [0.05, 0.1) is 19.2 Å². The van der Waals surface area contributed by atoms with Crippen molar-refractivity contribution in [2.24, 2.45) is 0 Å². The fraction of sp³-hybridized carbons (Fsp3) is 0.833. The molecule has 1 aromatic rings. The summed E-state index contributed by atoms with van der Waals surface area (Å²) in [5, 5.41) is 0. The van der Waals surface area contributed by atoms with E-state index in [1.165, 1.54) is 64.2 Å². The number of rotatable bonds is 28. The Morgan fingerprint density at radius 3 is 1.74 bits per heavy atom. The van der Waals surface area contributed by atoms with E-state index in [1.807, 2.05) is 40.6 Å². The topological polar surface area (TPSA) is 73.7 Å². The van der Waals surface area contributed by atoms with Gasteiger partial charge in [-0.2, -0.15) is 23.5 Å². The number of ether oxygens (including phenoxy) is 2. The van der Waals surface area contributed by atoms with Crippen LogP contribution in [-0.2, 0) is 25.6 Å². The zero-order valence-electron chi connectivity index (χ0n) is 24.8. The van der Waals surface area contributed by atoms with Crippen LogP contribution in [0.5, 0.6) is 0 Å². The molecule has 39 heavy (non-hydrogen) atoms. The van der Waals surface area contributed by atoms with Gasteiger partial charge in [-0.3, -0.25) is 9.59 Å². The van der Waals surface area contributed by atoms with Gasteiger partial charge in [0, 0.05) is 43.5 Å². The SMILES string of the molecule is CCCCCCCSCCOC(=O)CCN(CCCn1ccnc1)CCC(=O)OCCSCCCCCCC. The summed E-state index contributed by atoms with van der Waals surface area (Å²) in [4.78, 5) is 30.8. The Morgan fingerprint density at radius 1 is 0.718 bits per heavy atom. The lowest BCUT2D eigenvalue weighted by Gasteiger charge is -2.21. The largest absolute Gasteiger partial charge is 0.465 e. The van der Waals surface area contributed by atoms with E-state index in [4.69, 9.17) is 9.47 Å². The summed E-state index contributed by atoms with van der Waals surface area (Å²) in [6.07, 6.45) is 20.1. The van der Waals surface area contributed by atoms with Crippen LogP contribution in [0.3, 0.4) is 0 Å². The molecular formula is C30H55N3O4S2. The van der Waals surface area contributed by atoms with Gasteiger partial charge in [-0.05, 0) is 37.3 Å². The van der Waals surface area contributed by atoms with Gasteiger partial charge >= 0.3 is 11.9 Å². The second kappa shape index (κ2) is 27.0. The third-order valence-electron chi connectivity index (χ3n) is 6.48. The maximum atomic E-state index is 12.3. The van der Waals surface area contributed by atoms with Gasteiger partial charge < -0.3 is 18.9 Å². The standard InChI is InChI=1S/C30H55N3O4S2/c1-3-5-7-9-11-24-38-26-22-36-29(34)14-19-32(17-13-18-33-21-16-31-28-33)20-15-30(35)37-23-27-39-25-12-10-8-6-4-2/h16,21,28H,3-15,17-20,22-27H2,1-2H3. The number of thioether (sulfide) groups is 2. The van der Waals surface area contributed by atoms with Crippen molar-refractivity contribution < 1.29 is 19.1 Å². The molecule has 0 aromatic carbocycles. The number of hydrogen-bond donors (Lipinski definition) is 0. The highest BCUT2D eigenvalue weighted by molar-refractivity contribution is 7.99. The Hall–Kier alpha value is -1.19. The number of carbonyl (C=O) groups excluding carboxylic acids is 2. The van der Waals surface area contributed by atoms with Crippen molar-refractivity contribution in [1.29, 1.82) is 0 Å². The fourth-order valence-electron chi connectivity index (χ4n) is 4.12. The lowest BCUT2D eigenvalue weighted by atomic mass is 10.2. The van der Waals surface area contributed by atoms with Crippen molar-refractivity contribution in [2.45, 2.75) is 104 Å². The lowest BCUT2D eigenvalue weighted by molar-refractivity contribution is -0.143. The van der Waals surface area contributed by atoms with E-state index in [0.29, 0.717) is 39.1 Å². The molecule has 1 heterocycles. The van der Waals surface area contributed by atoms with E-state index in [0.717, 1.165) is 42.5 Å². The van der Waals surface area contributed by atoms with Gasteiger partial charge in [-0.1, -0.05) is 65.2 Å². The number of unbranched alkanes of at least 4 members (excludes halogenated alkanes) is 8.